The van der Waals surface area contributed by atoms with Crippen LogP contribution in [0, 0.1) is 0 Å². The minimum atomic E-state index is 0.168. The van der Waals surface area contributed by atoms with Crippen LogP contribution in [0.4, 0.5) is 0 Å². The Hall–Kier alpha value is -5.07. The fraction of sp³-hybridized carbons (Fsp3) is 0.286. The summed E-state index contributed by atoms with van der Waals surface area (Å²) in [6, 6.07) is 57.2. The fourth-order valence-corrected chi connectivity index (χ4v) is 14.0. The highest BCUT2D eigenvalue weighted by Crippen LogP contribution is 2.63. The normalized spacial score (nSPS) is 26.3. The van der Waals surface area contributed by atoms with Gasteiger partial charge in [0.2, 0.25) is 13.4 Å². The molecule has 282 valence electrons. The van der Waals surface area contributed by atoms with Crippen molar-refractivity contribution < 1.29 is 0 Å². The lowest BCUT2D eigenvalue weighted by atomic mass is 9.26. The van der Waals surface area contributed by atoms with Crippen LogP contribution in [0.5, 0.6) is 0 Å². The van der Waals surface area contributed by atoms with Crippen LogP contribution in [0.2, 0.25) is 10.6 Å². The minimum Gasteiger partial charge on any atom is -0.0735 e. The van der Waals surface area contributed by atoms with E-state index in [-0.39, 0.29) is 21.5 Å². The molecule has 8 aromatic carbocycles. The lowest BCUT2D eigenvalue weighted by molar-refractivity contribution is 0.243. The summed E-state index contributed by atoms with van der Waals surface area (Å²) in [4.78, 5) is 0. The van der Waals surface area contributed by atoms with Crippen LogP contribution >= 0.6 is 0 Å². The van der Waals surface area contributed by atoms with Crippen LogP contribution in [0.1, 0.15) is 90.2 Å². The van der Waals surface area contributed by atoms with E-state index in [2.05, 4.69) is 173 Å². The Morgan fingerprint density at radius 3 is 1.10 bits per heavy atom. The molecule has 2 heterocycles. The number of fused-ring (bicyclic) bond motifs is 6. The van der Waals surface area contributed by atoms with E-state index in [0.717, 1.165) is 0 Å². The summed E-state index contributed by atoms with van der Waals surface area (Å²) in [5.41, 5.74) is 14.9. The van der Waals surface area contributed by atoms with E-state index < -0.39 is 0 Å². The average Bonchev–Trinajstić information content (AvgIpc) is 3.60. The Morgan fingerprint density at radius 2 is 0.724 bits per heavy atom. The second-order valence-corrected chi connectivity index (χ2v) is 19.9. The third kappa shape index (κ3) is 4.56. The Morgan fingerprint density at radius 1 is 0.362 bits per heavy atom. The number of hydrogen-bond donors (Lipinski definition) is 0. The van der Waals surface area contributed by atoms with Crippen LogP contribution in [0.3, 0.4) is 0 Å². The molecular weight excluding hydrogens is 694 g/mol. The molecule has 4 atom stereocenters. The molecule has 0 aromatic heterocycles. The van der Waals surface area contributed by atoms with Gasteiger partial charge >= 0.3 is 0 Å². The van der Waals surface area contributed by atoms with Gasteiger partial charge in [-0.15, -0.1) is 0 Å². The molecule has 2 aliphatic heterocycles. The van der Waals surface area contributed by atoms with Gasteiger partial charge in [-0.25, -0.2) is 0 Å². The highest BCUT2D eigenvalue weighted by Gasteiger charge is 2.61. The van der Waals surface area contributed by atoms with Crippen LogP contribution < -0.4 is 21.9 Å². The number of hydrogen-bond acceptors (Lipinski definition) is 0. The zero-order valence-corrected chi connectivity index (χ0v) is 34.7. The molecule has 58 heavy (non-hydrogen) atoms. The van der Waals surface area contributed by atoms with Gasteiger partial charge in [-0.3, -0.25) is 0 Å². The topological polar surface area (TPSA) is 0 Å². The Kier molecular flexibility index (Phi) is 7.37. The molecular formula is C56H52B2. The average molecular weight is 747 g/mol. The third-order valence-electron chi connectivity index (χ3n) is 17.4. The zero-order chi connectivity index (χ0) is 39.0. The monoisotopic (exact) mass is 746 g/mol. The Labute approximate surface area is 345 Å². The molecule has 0 radical (unpaired) electrons. The summed E-state index contributed by atoms with van der Waals surface area (Å²) in [6.45, 7) is 11.3. The zero-order valence-electron chi connectivity index (χ0n) is 34.7. The fourth-order valence-electron chi connectivity index (χ4n) is 14.0. The van der Waals surface area contributed by atoms with Gasteiger partial charge in [-0.1, -0.05) is 209 Å². The largest absolute Gasteiger partial charge is 0.216 e. The van der Waals surface area contributed by atoms with E-state index in [9.17, 15) is 0 Å². The van der Waals surface area contributed by atoms with Gasteiger partial charge in [0.1, 0.15) is 0 Å². The first kappa shape index (κ1) is 34.9. The van der Waals surface area contributed by atoms with Gasteiger partial charge in [-0.05, 0) is 124 Å². The standard InChI is InChI=1S/C56H52B2/c1-53-27-11-13-29-55(53,3)57(45-15-7-5-8-16-45)49-25-23-37(35-47(49)53)43-31-39-19-21-41-33-44(34-42-22-20-40(32-43)51(39)52(41)42)38-24-26-50-48(36-38)54(2)28-12-14-30-56(54,4)58(50)46-17-9-6-10-18-46/h5-10,15-26,31-36H,11-14,27-30H2,1-4H3. The Bertz CT molecular complexity index is 2660. The van der Waals surface area contributed by atoms with E-state index in [1.54, 1.807) is 22.1 Å². The summed E-state index contributed by atoms with van der Waals surface area (Å²) >= 11 is 0. The quantitative estimate of drug-likeness (QED) is 0.124. The lowest BCUT2D eigenvalue weighted by Crippen LogP contribution is -2.51. The smallest absolute Gasteiger partial charge is 0.0735 e. The molecule has 4 unspecified atom stereocenters. The molecule has 2 fully saturated rings. The molecule has 0 amide bonds. The SMILES string of the molecule is CC12CCCCC1(C)c1cc(-c3cc4ccc5cc(-c6ccc7c(c6)C6(C)CCCCC6(C)B7c6ccccc6)cc6ccc(c3)c4c56)ccc1B2c1ccccc1. The van der Waals surface area contributed by atoms with Crippen LogP contribution in [0.15, 0.2) is 146 Å². The second-order valence-electron chi connectivity index (χ2n) is 19.9. The summed E-state index contributed by atoms with van der Waals surface area (Å²) in [7, 11) is 0. The van der Waals surface area contributed by atoms with Crippen molar-refractivity contribution in [1.82, 2.24) is 0 Å². The predicted octanol–water partition coefficient (Wildman–Crippen LogP) is 12.3. The summed E-state index contributed by atoms with van der Waals surface area (Å²) in [5.74, 6) is 0. The minimum absolute atomic E-state index is 0.168. The van der Waals surface area contributed by atoms with E-state index >= 15 is 0 Å². The van der Waals surface area contributed by atoms with Crippen LogP contribution in [-0.4, -0.2) is 13.4 Å². The molecule has 0 nitrogen and oxygen atoms in total. The van der Waals surface area contributed by atoms with Crippen molar-refractivity contribution in [3.8, 4) is 22.3 Å². The molecule has 8 aromatic rings. The van der Waals surface area contributed by atoms with E-state index in [4.69, 9.17) is 0 Å². The lowest BCUT2D eigenvalue weighted by Gasteiger charge is -2.48. The maximum Gasteiger partial charge on any atom is 0.216 e. The number of rotatable bonds is 4. The Balaban J connectivity index is 0.950. The van der Waals surface area contributed by atoms with Gasteiger partial charge in [0.25, 0.3) is 0 Å². The molecule has 0 saturated heterocycles. The van der Waals surface area contributed by atoms with Crippen molar-refractivity contribution in [3.63, 3.8) is 0 Å². The van der Waals surface area contributed by atoms with Crippen LogP contribution in [0.25, 0.3) is 54.6 Å². The predicted molar refractivity (Wildman–Crippen MR) is 252 cm³/mol. The molecule has 12 rings (SSSR count). The molecule has 0 bridgehead atoms. The first-order valence-corrected chi connectivity index (χ1v) is 22.3. The molecule has 4 aliphatic rings. The van der Waals surface area contributed by atoms with Gasteiger partial charge in [0.05, 0.1) is 0 Å². The molecule has 0 spiro atoms. The van der Waals surface area contributed by atoms with E-state index in [1.807, 2.05) is 0 Å². The second kappa shape index (κ2) is 12.2. The van der Waals surface area contributed by atoms with Gasteiger partial charge in [0, 0.05) is 0 Å². The first-order chi connectivity index (χ1) is 28.2. The maximum atomic E-state index is 2.60. The van der Waals surface area contributed by atoms with Gasteiger partial charge < -0.3 is 0 Å². The van der Waals surface area contributed by atoms with Crippen molar-refractivity contribution in [2.75, 3.05) is 0 Å². The van der Waals surface area contributed by atoms with Crippen molar-refractivity contribution in [1.29, 1.82) is 0 Å². The highest BCUT2D eigenvalue weighted by molar-refractivity contribution is 6.90. The van der Waals surface area contributed by atoms with E-state index in [1.165, 1.54) is 117 Å². The summed E-state index contributed by atoms with van der Waals surface area (Å²) in [5, 5.41) is 8.58. The third-order valence-corrected chi connectivity index (χ3v) is 17.4. The highest BCUT2D eigenvalue weighted by atomic mass is 14.5. The van der Waals surface area contributed by atoms with Crippen molar-refractivity contribution in [2.45, 2.75) is 101 Å². The number of benzene rings is 8. The van der Waals surface area contributed by atoms with Gasteiger partial charge in [-0.2, -0.15) is 0 Å². The van der Waals surface area contributed by atoms with Crippen molar-refractivity contribution in [3.05, 3.63) is 157 Å². The van der Waals surface area contributed by atoms with Gasteiger partial charge in [0.15, 0.2) is 0 Å². The van der Waals surface area contributed by atoms with E-state index in [0.29, 0.717) is 13.4 Å². The first-order valence-electron chi connectivity index (χ1n) is 22.3. The summed E-state index contributed by atoms with van der Waals surface area (Å²) < 4.78 is 0. The molecule has 0 N–H and O–H groups in total. The summed E-state index contributed by atoms with van der Waals surface area (Å²) in [6.07, 6.45) is 10.4. The maximum absolute atomic E-state index is 2.60. The molecule has 2 saturated carbocycles. The van der Waals surface area contributed by atoms with Crippen molar-refractivity contribution in [2.24, 2.45) is 0 Å². The van der Waals surface area contributed by atoms with Crippen LogP contribution in [-0.2, 0) is 10.8 Å². The molecule has 2 heteroatoms. The van der Waals surface area contributed by atoms with Crippen molar-refractivity contribution >= 4 is 67.6 Å². The molecule has 2 aliphatic carbocycles.